The minimum absolute atomic E-state index is 0.0511. The van der Waals surface area contributed by atoms with Gasteiger partial charge in [-0.1, -0.05) is 61.7 Å². The molecule has 20 heavy (non-hydrogen) atoms. The van der Waals surface area contributed by atoms with Crippen LogP contribution in [0.3, 0.4) is 0 Å². The molecule has 0 bridgehead atoms. The molecule has 2 aromatic rings. The van der Waals surface area contributed by atoms with Crippen LogP contribution in [0.1, 0.15) is 21.5 Å². The fourth-order valence-electron chi connectivity index (χ4n) is 2.29. The predicted octanol–water partition coefficient (Wildman–Crippen LogP) is 5.08. The van der Waals surface area contributed by atoms with Gasteiger partial charge in [0.2, 0.25) is 5.91 Å². The van der Waals surface area contributed by atoms with E-state index in [9.17, 15) is 4.79 Å². The molecule has 1 atom stereocenters. The molecule has 1 unspecified atom stereocenters. The van der Waals surface area contributed by atoms with E-state index in [0.717, 1.165) is 26.9 Å². The van der Waals surface area contributed by atoms with Gasteiger partial charge in [-0.3, -0.25) is 4.79 Å². The summed E-state index contributed by atoms with van der Waals surface area (Å²) >= 11 is 13.2. The van der Waals surface area contributed by atoms with Crippen molar-refractivity contribution in [3.8, 4) is 0 Å². The fourth-order valence-corrected chi connectivity index (χ4v) is 4.20. The van der Waals surface area contributed by atoms with Gasteiger partial charge in [0.15, 0.2) is 0 Å². The van der Waals surface area contributed by atoms with Crippen molar-refractivity contribution in [2.24, 2.45) is 0 Å². The summed E-state index contributed by atoms with van der Waals surface area (Å²) in [6, 6.07) is 11.8. The molecule has 0 spiro atoms. The fraction of sp³-hybridized carbons (Fsp3) is 0.133. The Hall–Kier alpha value is -0.840. The van der Waals surface area contributed by atoms with Gasteiger partial charge in [-0.15, -0.1) is 0 Å². The van der Waals surface area contributed by atoms with E-state index in [2.05, 4.69) is 43.2 Å². The third-order valence-corrected chi connectivity index (χ3v) is 5.23. The first-order chi connectivity index (χ1) is 9.54. The monoisotopic (exact) mass is 413 g/mol. The summed E-state index contributed by atoms with van der Waals surface area (Å²) in [7, 11) is 0. The molecule has 1 heterocycles. The third-order valence-electron chi connectivity index (χ3n) is 3.28. The zero-order valence-corrected chi connectivity index (χ0v) is 14.2. The zero-order chi connectivity index (χ0) is 14.3. The van der Waals surface area contributed by atoms with Crippen molar-refractivity contribution < 1.29 is 4.79 Å². The molecule has 102 valence electrons. The zero-order valence-electron chi connectivity index (χ0n) is 10.3. The number of nitrogens with one attached hydrogen (secondary N) is 1. The van der Waals surface area contributed by atoms with Crippen LogP contribution in [-0.2, 0) is 11.2 Å². The van der Waals surface area contributed by atoms with Gasteiger partial charge < -0.3 is 5.32 Å². The van der Waals surface area contributed by atoms with Crippen molar-refractivity contribution in [1.29, 1.82) is 0 Å². The van der Waals surface area contributed by atoms with Crippen molar-refractivity contribution in [1.82, 2.24) is 0 Å². The Morgan fingerprint density at radius 2 is 2.00 bits per heavy atom. The Balaban J connectivity index is 1.97. The van der Waals surface area contributed by atoms with E-state index in [1.54, 1.807) is 0 Å². The number of fused-ring (bicyclic) bond motifs is 1. The van der Waals surface area contributed by atoms with E-state index < -0.39 is 0 Å². The number of hydrogen-bond acceptors (Lipinski definition) is 1. The molecule has 3 rings (SSSR count). The van der Waals surface area contributed by atoms with Crippen LogP contribution in [0.5, 0.6) is 0 Å². The van der Waals surface area contributed by atoms with E-state index in [0.29, 0.717) is 11.4 Å². The molecule has 1 amide bonds. The lowest BCUT2D eigenvalue weighted by Crippen LogP contribution is -2.03. The van der Waals surface area contributed by atoms with Gasteiger partial charge in [0, 0.05) is 15.2 Å². The Labute approximate surface area is 138 Å². The van der Waals surface area contributed by atoms with Crippen LogP contribution in [0, 0.1) is 0 Å². The Morgan fingerprint density at radius 1 is 1.20 bits per heavy atom. The number of rotatable bonds is 2. The molecule has 0 saturated heterocycles. The number of halogens is 3. The Morgan fingerprint density at radius 3 is 2.75 bits per heavy atom. The van der Waals surface area contributed by atoms with Gasteiger partial charge in [0.1, 0.15) is 0 Å². The van der Waals surface area contributed by atoms with Crippen LogP contribution in [-0.4, -0.2) is 5.91 Å². The van der Waals surface area contributed by atoms with Crippen LogP contribution < -0.4 is 5.32 Å². The van der Waals surface area contributed by atoms with Crippen molar-refractivity contribution in [2.75, 3.05) is 5.32 Å². The van der Waals surface area contributed by atoms with Crippen LogP contribution in [0.25, 0.3) is 0 Å². The Bertz CT molecular complexity index is 702. The maximum atomic E-state index is 11.4. The van der Waals surface area contributed by atoms with Gasteiger partial charge in [-0.05, 0) is 34.9 Å². The van der Waals surface area contributed by atoms with E-state index in [4.69, 9.17) is 11.6 Å². The number of anilines is 1. The van der Waals surface area contributed by atoms with Crippen LogP contribution in [0.4, 0.5) is 5.69 Å². The predicted molar refractivity (Wildman–Crippen MR) is 88.7 cm³/mol. The third kappa shape index (κ3) is 2.65. The van der Waals surface area contributed by atoms with Crippen LogP contribution in [0.2, 0.25) is 5.02 Å². The quantitative estimate of drug-likeness (QED) is 0.681. The Kier molecular flexibility index (Phi) is 3.89. The lowest BCUT2D eigenvalue weighted by atomic mass is 10.0. The number of carbonyl (C=O) groups excluding carboxylic acids is 1. The standard InChI is InChI=1S/C15H10Br2ClNO/c16-12-7-10(18)2-3-11(12)15(17)8-1-4-13-9(5-8)6-14(20)19-13/h1-5,7,15H,6H2,(H,19,20). The number of benzene rings is 2. The van der Waals surface area contributed by atoms with E-state index >= 15 is 0 Å². The largest absolute Gasteiger partial charge is 0.326 e. The average molecular weight is 416 g/mol. The van der Waals surface area contributed by atoms with E-state index in [1.807, 2.05) is 30.3 Å². The molecular formula is C15H10Br2ClNO. The van der Waals surface area contributed by atoms with Crippen LogP contribution >= 0.6 is 43.5 Å². The van der Waals surface area contributed by atoms with Gasteiger partial charge in [-0.25, -0.2) is 0 Å². The minimum Gasteiger partial charge on any atom is -0.326 e. The molecule has 1 N–H and O–H groups in total. The molecule has 2 nitrogen and oxygen atoms in total. The topological polar surface area (TPSA) is 29.1 Å². The SMILES string of the molecule is O=C1Cc2cc(C(Br)c3ccc(Cl)cc3Br)ccc2N1. The molecule has 0 saturated carbocycles. The summed E-state index contributed by atoms with van der Waals surface area (Å²) in [6.07, 6.45) is 0.449. The number of alkyl halides is 1. The lowest BCUT2D eigenvalue weighted by molar-refractivity contribution is -0.115. The molecule has 0 aliphatic carbocycles. The van der Waals surface area contributed by atoms with Gasteiger partial charge in [-0.2, -0.15) is 0 Å². The normalized spacial score (nSPS) is 14.8. The highest BCUT2D eigenvalue weighted by molar-refractivity contribution is 9.11. The van der Waals surface area contributed by atoms with E-state index in [1.165, 1.54) is 0 Å². The second kappa shape index (κ2) is 5.51. The molecule has 1 aliphatic heterocycles. The summed E-state index contributed by atoms with van der Waals surface area (Å²) in [4.78, 5) is 11.4. The highest BCUT2D eigenvalue weighted by Crippen LogP contribution is 2.38. The molecule has 2 aromatic carbocycles. The molecule has 0 aromatic heterocycles. The first-order valence-electron chi connectivity index (χ1n) is 6.06. The van der Waals surface area contributed by atoms with E-state index in [-0.39, 0.29) is 10.7 Å². The summed E-state index contributed by atoms with van der Waals surface area (Å²) in [5.74, 6) is 0.0518. The first kappa shape index (κ1) is 14.1. The minimum atomic E-state index is 0.0511. The second-order valence-electron chi connectivity index (χ2n) is 4.67. The van der Waals surface area contributed by atoms with Gasteiger partial charge >= 0.3 is 0 Å². The highest BCUT2D eigenvalue weighted by atomic mass is 79.9. The maximum Gasteiger partial charge on any atom is 0.228 e. The summed E-state index contributed by atoms with van der Waals surface area (Å²) < 4.78 is 0.960. The van der Waals surface area contributed by atoms with Gasteiger partial charge in [0.05, 0.1) is 11.2 Å². The van der Waals surface area contributed by atoms with Crippen molar-refractivity contribution in [2.45, 2.75) is 11.2 Å². The van der Waals surface area contributed by atoms with Crippen molar-refractivity contribution in [3.05, 3.63) is 62.6 Å². The summed E-state index contributed by atoms with van der Waals surface area (Å²) in [5.41, 5.74) is 4.17. The number of hydrogen-bond donors (Lipinski definition) is 1. The molecular weight excluding hydrogens is 405 g/mol. The van der Waals surface area contributed by atoms with Gasteiger partial charge in [0.25, 0.3) is 0 Å². The smallest absolute Gasteiger partial charge is 0.228 e. The van der Waals surface area contributed by atoms with Crippen molar-refractivity contribution >= 4 is 55.1 Å². The van der Waals surface area contributed by atoms with Crippen LogP contribution in [0.15, 0.2) is 40.9 Å². The van der Waals surface area contributed by atoms with Crippen molar-refractivity contribution in [3.63, 3.8) is 0 Å². The molecule has 0 radical (unpaired) electrons. The second-order valence-corrected chi connectivity index (χ2v) is 6.88. The molecule has 5 heteroatoms. The maximum absolute atomic E-state index is 11.4. The summed E-state index contributed by atoms with van der Waals surface area (Å²) in [6.45, 7) is 0. The lowest BCUT2D eigenvalue weighted by Gasteiger charge is -2.14. The molecule has 1 aliphatic rings. The molecule has 0 fully saturated rings. The summed E-state index contributed by atoms with van der Waals surface area (Å²) in [5, 5.41) is 3.54. The highest BCUT2D eigenvalue weighted by Gasteiger charge is 2.20. The average Bonchev–Trinajstić information content (AvgIpc) is 2.77. The number of amides is 1. The number of carbonyl (C=O) groups is 1. The first-order valence-corrected chi connectivity index (χ1v) is 8.15.